The Kier molecular flexibility index (Phi) is 4.02. The van der Waals surface area contributed by atoms with Crippen LogP contribution in [0.5, 0.6) is 0 Å². The lowest BCUT2D eigenvalue weighted by Gasteiger charge is -2.14. The maximum Gasteiger partial charge on any atom is 0.355 e. The topological polar surface area (TPSA) is 103 Å². The maximum absolute atomic E-state index is 12.0. The number of ether oxygens (including phenoxy) is 1. The molecule has 2 heterocycles. The van der Waals surface area contributed by atoms with E-state index in [9.17, 15) is 19.7 Å². The molecule has 1 aromatic rings. The van der Waals surface area contributed by atoms with Crippen LogP contribution in [0.1, 0.15) is 29.8 Å². The van der Waals surface area contributed by atoms with Gasteiger partial charge in [-0.2, -0.15) is 0 Å². The normalized spacial score (nSPS) is 19.1. The van der Waals surface area contributed by atoms with Crippen molar-refractivity contribution in [3.63, 3.8) is 0 Å². The summed E-state index contributed by atoms with van der Waals surface area (Å²) in [5.41, 5.74) is -0.140. The minimum absolute atomic E-state index is 0.0498. The van der Waals surface area contributed by atoms with Crippen LogP contribution in [0.3, 0.4) is 0 Å². The Bertz CT molecular complexity index is 551. The number of nitrogens with one attached hydrogen (secondary N) is 1. The fraction of sp³-hybridized carbons (Fsp3) is 0.500. The molecule has 1 amide bonds. The van der Waals surface area contributed by atoms with E-state index in [0.717, 1.165) is 18.9 Å². The molecule has 0 bridgehead atoms. The number of nitro groups is 1. The summed E-state index contributed by atoms with van der Waals surface area (Å²) in [7, 11) is 1.51. The van der Waals surface area contributed by atoms with Crippen molar-refractivity contribution in [3.8, 4) is 0 Å². The van der Waals surface area contributed by atoms with Gasteiger partial charge in [0.25, 0.3) is 11.6 Å². The second kappa shape index (κ2) is 5.72. The molecule has 1 unspecified atom stereocenters. The van der Waals surface area contributed by atoms with E-state index in [4.69, 9.17) is 4.74 Å². The van der Waals surface area contributed by atoms with Crippen molar-refractivity contribution in [2.24, 2.45) is 7.05 Å². The van der Waals surface area contributed by atoms with Crippen molar-refractivity contribution in [1.29, 1.82) is 0 Å². The summed E-state index contributed by atoms with van der Waals surface area (Å²) in [6.07, 6.45) is 2.48. The van der Waals surface area contributed by atoms with Crippen LogP contribution in [0.2, 0.25) is 0 Å². The van der Waals surface area contributed by atoms with E-state index < -0.39 is 17.0 Å². The minimum atomic E-state index is -0.834. The van der Waals surface area contributed by atoms with Gasteiger partial charge in [-0.05, 0) is 19.3 Å². The molecular weight excluding hydrogens is 266 g/mol. The molecule has 1 saturated heterocycles. The quantitative estimate of drug-likeness (QED) is 0.500. The lowest BCUT2D eigenvalue weighted by atomic mass is 10.2. The summed E-state index contributed by atoms with van der Waals surface area (Å²) in [5, 5.41) is 13.3. The van der Waals surface area contributed by atoms with E-state index in [0.29, 0.717) is 13.0 Å². The molecule has 8 heteroatoms. The summed E-state index contributed by atoms with van der Waals surface area (Å²) in [4.78, 5) is 33.7. The third kappa shape index (κ3) is 2.95. The Morgan fingerprint density at radius 1 is 1.55 bits per heavy atom. The third-order valence-corrected chi connectivity index (χ3v) is 3.14. The Labute approximate surface area is 114 Å². The molecule has 1 aliphatic heterocycles. The highest BCUT2D eigenvalue weighted by Gasteiger charge is 2.27. The first kappa shape index (κ1) is 14.0. The molecule has 2 rings (SSSR count). The summed E-state index contributed by atoms with van der Waals surface area (Å²) in [6, 6.07) is 1.14. The van der Waals surface area contributed by atoms with Crippen LogP contribution in [0.15, 0.2) is 12.3 Å². The van der Waals surface area contributed by atoms with Crippen LogP contribution in [-0.4, -0.2) is 34.0 Å². The number of hydrogen-bond acceptors (Lipinski definition) is 5. The minimum Gasteiger partial charge on any atom is -0.448 e. The average molecular weight is 281 g/mol. The van der Waals surface area contributed by atoms with Gasteiger partial charge in [-0.1, -0.05) is 0 Å². The highest BCUT2D eigenvalue weighted by molar-refractivity contribution is 5.91. The molecule has 0 aromatic carbocycles. The zero-order valence-corrected chi connectivity index (χ0v) is 11.0. The van der Waals surface area contributed by atoms with E-state index in [1.165, 1.54) is 17.8 Å². The van der Waals surface area contributed by atoms with E-state index in [1.807, 2.05) is 0 Å². The van der Waals surface area contributed by atoms with Crippen LogP contribution in [0, 0.1) is 10.1 Å². The first-order valence-corrected chi connectivity index (χ1v) is 6.28. The number of aromatic nitrogens is 1. The zero-order valence-electron chi connectivity index (χ0n) is 11.0. The van der Waals surface area contributed by atoms with Gasteiger partial charge >= 0.3 is 5.97 Å². The molecule has 0 spiro atoms. The molecule has 1 N–H and O–H groups in total. The van der Waals surface area contributed by atoms with Gasteiger partial charge in [0.2, 0.25) is 0 Å². The largest absolute Gasteiger partial charge is 0.448 e. The zero-order chi connectivity index (χ0) is 14.7. The molecule has 1 aromatic heterocycles. The number of esters is 1. The van der Waals surface area contributed by atoms with Crippen LogP contribution >= 0.6 is 0 Å². The van der Waals surface area contributed by atoms with Crippen LogP contribution < -0.4 is 5.32 Å². The van der Waals surface area contributed by atoms with Gasteiger partial charge in [0.15, 0.2) is 6.10 Å². The van der Waals surface area contributed by atoms with Gasteiger partial charge in [0.05, 0.1) is 11.1 Å². The van der Waals surface area contributed by atoms with E-state index in [2.05, 4.69) is 5.32 Å². The SMILES string of the molecule is Cn1cc([N+](=O)[O-])cc1C(=O)OC1CCCCNC1=O. The number of aryl methyl sites for hydroxylation is 1. The molecule has 20 heavy (non-hydrogen) atoms. The van der Waals surface area contributed by atoms with Crippen LogP contribution in [0.25, 0.3) is 0 Å². The molecule has 8 nitrogen and oxygen atoms in total. The first-order valence-electron chi connectivity index (χ1n) is 6.28. The number of nitrogens with zero attached hydrogens (tertiary/aromatic N) is 2. The summed E-state index contributed by atoms with van der Waals surface area (Å²) in [5.74, 6) is -1.05. The van der Waals surface area contributed by atoms with Gasteiger partial charge in [0.1, 0.15) is 5.69 Å². The van der Waals surface area contributed by atoms with Crippen molar-refractivity contribution in [1.82, 2.24) is 9.88 Å². The monoisotopic (exact) mass is 281 g/mol. The highest BCUT2D eigenvalue weighted by atomic mass is 16.6. The molecule has 0 radical (unpaired) electrons. The molecule has 1 aliphatic rings. The van der Waals surface area contributed by atoms with Crippen molar-refractivity contribution >= 4 is 17.6 Å². The summed E-state index contributed by atoms with van der Waals surface area (Å²) in [6.45, 7) is 0.572. The van der Waals surface area contributed by atoms with Gasteiger partial charge in [0, 0.05) is 19.7 Å². The Hall–Kier alpha value is -2.38. The van der Waals surface area contributed by atoms with E-state index in [-0.39, 0.29) is 17.3 Å². The number of carbonyl (C=O) groups excluding carboxylic acids is 2. The standard InChI is InChI=1S/C12H15N3O5/c1-14-7-8(15(18)19)6-9(14)12(17)20-10-4-2-3-5-13-11(10)16/h6-7,10H,2-5H2,1H3,(H,13,16). The maximum atomic E-state index is 12.0. The molecular formula is C12H15N3O5. The van der Waals surface area contributed by atoms with Gasteiger partial charge < -0.3 is 14.6 Å². The van der Waals surface area contributed by atoms with E-state index in [1.54, 1.807) is 0 Å². The number of hydrogen-bond donors (Lipinski definition) is 1. The molecule has 0 saturated carbocycles. The van der Waals surface area contributed by atoms with Crippen molar-refractivity contribution in [2.45, 2.75) is 25.4 Å². The van der Waals surface area contributed by atoms with Gasteiger partial charge in [-0.3, -0.25) is 14.9 Å². The first-order chi connectivity index (χ1) is 9.49. The number of carbonyl (C=O) groups is 2. The number of amides is 1. The van der Waals surface area contributed by atoms with Crippen molar-refractivity contribution < 1.29 is 19.2 Å². The molecule has 1 atom stereocenters. The summed E-state index contributed by atoms with van der Waals surface area (Å²) >= 11 is 0. The Balaban J connectivity index is 2.11. The molecule has 108 valence electrons. The van der Waals surface area contributed by atoms with E-state index >= 15 is 0 Å². The lowest BCUT2D eigenvalue weighted by molar-refractivity contribution is -0.384. The number of rotatable bonds is 3. The summed E-state index contributed by atoms with van der Waals surface area (Å²) < 4.78 is 6.46. The second-order valence-corrected chi connectivity index (χ2v) is 4.63. The average Bonchev–Trinajstić information content (AvgIpc) is 2.68. The van der Waals surface area contributed by atoms with Gasteiger partial charge in [-0.15, -0.1) is 0 Å². The van der Waals surface area contributed by atoms with Crippen molar-refractivity contribution in [3.05, 3.63) is 28.1 Å². The Morgan fingerprint density at radius 3 is 2.95 bits per heavy atom. The predicted molar refractivity (Wildman–Crippen MR) is 68.1 cm³/mol. The molecule has 1 fully saturated rings. The van der Waals surface area contributed by atoms with Crippen molar-refractivity contribution in [2.75, 3.05) is 6.54 Å². The lowest BCUT2D eigenvalue weighted by Crippen LogP contribution is -2.36. The Morgan fingerprint density at radius 2 is 2.30 bits per heavy atom. The fourth-order valence-corrected chi connectivity index (χ4v) is 2.06. The smallest absolute Gasteiger partial charge is 0.355 e. The van der Waals surface area contributed by atoms with Gasteiger partial charge in [-0.25, -0.2) is 4.79 Å². The highest BCUT2D eigenvalue weighted by Crippen LogP contribution is 2.18. The fourth-order valence-electron chi connectivity index (χ4n) is 2.06. The second-order valence-electron chi connectivity index (χ2n) is 4.63. The molecule has 0 aliphatic carbocycles. The van der Waals surface area contributed by atoms with Crippen LogP contribution in [0.4, 0.5) is 5.69 Å². The predicted octanol–water partition coefficient (Wildman–Crippen LogP) is 0.759. The van der Waals surface area contributed by atoms with Crippen LogP contribution in [-0.2, 0) is 16.6 Å². The third-order valence-electron chi connectivity index (χ3n) is 3.14.